The van der Waals surface area contributed by atoms with Crippen LogP contribution in [0.5, 0.6) is 0 Å². The van der Waals surface area contributed by atoms with Crippen LogP contribution in [-0.4, -0.2) is 40.7 Å². The molecule has 0 saturated heterocycles. The summed E-state index contributed by atoms with van der Waals surface area (Å²) in [4.78, 5) is 13.8. The molecule has 0 aromatic heterocycles. The number of rotatable bonds is 7. The second-order valence-corrected chi connectivity index (χ2v) is 5.47. The summed E-state index contributed by atoms with van der Waals surface area (Å²) in [5.41, 5.74) is 1.83. The van der Waals surface area contributed by atoms with Crippen LogP contribution in [0.3, 0.4) is 0 Å². The molecule has 0 saturated carbocycles. The highest BCUT2D eigenvalue weighted by atomic mass is 16.3. The summed E-state index contributed by atoms with van der Waals surface area (Å²) in [7, 11) is 0. The van der Waals surface area contributed by atoms with E-state index in [1.54, 1.807) is 42.5 Å². The van der Waals surface area contributed by atoms with Crippen LogP contribution in [0.4, 0.5) is 0 Å². The molecule has 1 amide bonds. The van der Waals surface area contributed by atoms with Gasteiger partial charge in [-0.2, -0.15) is 5.26 Å². The number of aliphatic hydroxyl groups is 2. The molecule has 0 spiro atoms. The molecule has 0 heterocycles. The number of carbonyl (C=O) groups excluding carboxylic acids is 1. The summed E-state index contributed by atoms with van der Waals surface area (Å²) >= 11 is 0. The molecule has 1 atom stereocenters. The van der Waals surface area contributed by atoms with Gasteiger partial charge >= 0.3 is 0 Å². The molecular weight excluding hydrogens is 316 g/mol. The van der Waals surface area contributed by atoms with Crippen LogP contribution in [-0.2, 0) is 4.79 Å². The van der Waals surface area contributed by atoms with Crippen molar-refractivity contribution < 1.29 is 15.0 Å². The highest BCUT2D eigenvalue weighted by Gasteiger charge is 2.16. The van der Waals surface area contributed by atoms with Gasteiger partial charge in [-0.05, 0) is 23.3 Å². The molecule has 2 aromatic carbocycles. The van der Waals surface area contributed by atoms with Gasteiger partial charge < -0.3 is 15.1 Å². The van der Waals surface area contributed by atoms with Gasteiger partial charge in [0.2, 0.25) is 5.91 Å². The molecule has 0 bridgehead atoms. The van der Waals surface area contributed by atoms with E-state index in [0.717, 1.165) is 0 Å². The van der Waals surface area contributed by atoms with Gasteiger partial charge in [0.15, 0.2) is 0 Å². The van der Waals surface area contributed by atoms with Crippen molar-refractivity contribution in [3.63, 3.8) is 0 Å². The molecule has 0 radical (unpaired) electrons. The summed E-state index contributed by atoms with van der Waals surface area (Å²) in [6.07, 6.45) is 2.08. The Labute approximate surface area is 147 Å². The Hall–Kier alpha value is -2.94. The normalized spacial score (nSPS) is 11.9. The predicted octanol–water partition coefficient (Wildman–Crippen LogP) is 2.13. The highest BCUT2D eigenvalue weighted by Crippen LogP contribution is 2.15. The van der Waals surface area contributed by atoms with E-state index in [1.165, 1.54) is 11.0 Å². The lowest BCUT2D eigenvalue weighted by molar-refractivity contribution is -0.127. The summed E-state index contributed by atoms with van der Waals surface area (Å²) in [6, 6.07) is 18.1. The van der Waals surface area contributed by atoms with Crippen LogP contribution >= 0.6 is 0 Å². The molecule has 2 aromatic rings. The molecule has 0 aliphatic rings. The summed E-state index contributed by atoms with van der Waals surface area (Å²) in [5, 5.41) is 28.6. The molecule has 2 rings (SSSR count). The van der Waals surface area contributed by atoms with E-state index < -0.39 is 6.10 Å². The fourth-order valence-corrected chi connectivity index (χ4v) is 2.41. The monoisotopic (exact) mass is 336 g/mol. The van der Waals surface area contributed by atoms with E-state index in [2.05, 4.69) is 6.07 Å². The molecule has 0 aliphatic carbocycles. The minimum Gasteiger partial charge on any atom is -0.395 e. The van der Waals surface area contributed by atoms with Crippen molar-refractivity contribution in [1.29, 1.82) is 5.26 Å². The molecule has 128 valence electrons. The zero-order chi connectivity index (χ0) is 18.1. The lowest BCUT2D eigenvalue weighted by atomic mass is 10.1. The fraction of sp³-hybridized carbons (Fsp3) is 0.200. The van der Waals surface area contributed by atoms with Gasteiger partial charge in [-0.15, -0.1) is 0 Å². The van der Waals surface area contributed by atoms with Crippen molar-refractivity contribution in [1.82, 2.24) is 4.90 Å². The first kappa shape index (κ1) is 18.4. The van der Waals surface area contributed by atoms with Crippen molar-refractivity contribution in [2.24, 2.45) is 0 Å². The van der Waals surface area contributed by atoms with E-state index in [9.17, 15) is 15.0 Å². The number of nitriles is 1. The van der Waals surface area contributed by atoms with Crippen LogP contribution in [0.1, 0.15) is 22.8 Å². The van der Waals surface area contributed by atoms with E-state index in [0.29, 0.717) is 16.7 Å². The first-order valence-electron chi connectivity index (χ1n) is 7.95. The van der Waals surface area contributed by atoms with Crippen LogP contribution in [0.2, 0.25) is 0 Å². The lowest BCUT2D eigenvalue weighted by Crippen LogP contribution is -2.35. The van der Waals surface area contributed by atoms with Gasteiger partial charge in [0.1, 0.15) is 0 Å². The average Bonchev–Trinajstić information content (AvgIpc) is 2.66. The second-order valence-electron chi connectivity index (χ2n) is 5.47. The minimum absolute atomic E-state index is 0.0770. The van der Waals surface area contributed by atoms with Gasteiger partial charge in [-0.1, -0.05) is 48.5 Å². The van der Waals surface area contributed by atoms with Crippen LogP contribution in [0.15, 0.2) is 60.7 Å². The summed E-state index contributed by atoms with van der Waals surface area (Å²) < 4.78 is 0. The Balaban J connectivity index is 2.10. The van der Waals surface area contributed by atoms with E-state index in [-0.39, 0.29) is 25.6 Å². The quantitative estimate of drug-likeness (QED) is 0.759. The van der Waals surface area contributed by atoms with Crippen molar-refractivity contribution >= 4 is 12.0 Å². The molecule has 25 heavy (non-hydrogen) atoms. The molecule has 0 aliphatic heterocycles. The Morgan fingerprint density at radius 2 is 1.84 bits per heavy atom. The Morgan fingerprint density at radius 1 is 1.16 bits per heavy atom. The molecule has 1 unspecified atom stereocenters. The third kappa shape index (κ3) is 5.28. The number of aliphatic hydroxyl groups excluding tert-OH is 2. The number of benzene rings is 2. The molecule has 5 nitrogen and oxygen atoms in total. The molecule has 2 N–H and O–H groups in total. The van der Waals surface area contributed by atoms with Gasteiger partial charge in [0.25, 0.3) is 0 Å². The predicted molar refractivity (Wildman–Crippen MR) is 95.3 cm³/mol. The maximum atomic E-state index is 12.4. The van der Waals surface area contributed by atoms with Gasteiger partial charge in [0, 0.05) is 12.6 Å². The first-order valence-corrected chi connectivity index (χ1v) is 7.95. The Kier molecular flexibility index (Phi) is 6.90. The number of amides is 1. The SMILES string of the molecule is N#Cc1ccccc1C=CC(=O)N(CCO)CC(O)c1ccccc1. The third-order valence-electron chi connectivity index (χ3n) is 3.75. The third-order valence-corrected chi connectivity index (χ3v) is 3.75. The minimum atomic E-state index is -0.837. The fourth-order valence-electron chi connectivity index (χ4n) is 2.41. The number of hydrogen-bond acceptors (Lipinski definition) is 4. The topological polar surface area (TPSA) is 84.6 Å². The molecule has 5 heteroatoms. The van der Waals surface area contributed by atoms with E-state index >= 15 is 0 Å². The van der Waals surface area contributed by atoms with Crippen LogP contribution < -0.4 is 0 Å². The van der Waals surface area contributed by atoms with Gasteiger partial charge in [-0.25, -0.2) is 0 Å². The van der Waals surface area contributed by atoms with Crippen LogP contribution in [0.25, 0.3) is 6.08 Å². The standard InChI is InChI=1S/C20H20N2O3/c21-14-18-9-5-4-6-16(18)10-11-20(25)22(12-13-23)15-19(24)17-7-2-1-3-8-17/h1-11,19,23-24H,12-13,15H2. The lowest BCUT2D eigenvalue weighted by Gasteiger charge is -2.23. The van der Waals surface area contributed by atoms with Crippen molar-refractivity contribution in [2.45, 2.75) is 6.10 Å². The highest BCUT2D eigenvalue weighted by molar-refractivity contribution is 5.92. The zero-order valence-corrected chi connectivity index (χ0v) is 13.7. The summed E-state index contributed by atoms with van der Waals surface area (Å²) in [5.74, 6) is -0.336. The zero-order valence-electron chi connectivity index (χ0n) is 13.7. The first-order chi connectivity index (χ1) is 12.2. The Morgan fingerprint density at radius 3 is 2.52 bits per heavy atom. The number of carbonyl (C=O) groups is 1. The number of nitrogens with zero attached hydrogens (tertiary/aromatic N) is 2. The summed E-state index contributed by atoms with van der Waals surface area (Å²) in [6.45, 7) is -0.00349. The largest absolute Gasteiger partial charge is 0.395 e. The Bertz CT molecular complexity index is 766. The van der Waals surface area contributed by atoms with E-state index in [4.69, 9.17) is 5.26 Å². The van der Waals surface area contributed by atoms with E-state index in [1.807, 2.05) is 18.2 Å². The van der Waals surface area contributed by atoms with Crippen LogP contribution in [0, 0.1) is 11.3 Å². The second kappa shape index (κ2) is 9.38. The van der Waals surface area contributed by atoms with Crippen molar-refractivity contribution in [3.05, 3.63) is 77.4 Å². The van der Waals surface area contributed by atoms with Crippen molar-refractivity contribution in [2.75, 3.05) is 19.7 Å². The smallest absolute Gasteiger partial charge is 0.246 e. The van der Waals surface area contributed by atoms with Gasteiger partial charge in [-0.3, -0.25) is 4.79 Å². The maximum Gasteiger partial charge on any atom is 0.246 e. The maximum absolute atomic E-state index is 12.4. The molecular formula is C20H20N2O3. The van der Waals surface area contributed by atoms with Gasteiger partial charge in [0.05, 0.1) is 30.9 Å². The average molecular weight is 336 g/mol. The number of hydrogen-bond donors (Lipinski definition) is 2. The molecule has 0 fully saturated rings. The van der Waals surface area contributed by atoms with Crippen molar-refractivity contribution in [3.8, 4) is 6.07 Å².